The molecule has 90 valence electrons. The Morgan fingerprint density at radius 3 is 2.69 bits per heavy atom. The number of rotatable bonds is 5. The number of nitrogens with two attached hydrogens (primary N) is 1. The van der Waals surface area contributed by atoms with Gasteiger partial charge < -0.3 is 11.1 Å². The maximum atomic E-state index is 11.5. The van der Waals surface area contributed by atoms with Crippen molar-refractivity contribution < 1.29 is 4.79 Å². The third kappa shape index (κ3) is 2.87. The van der Waals surface area contributed by atoms with Crippen LogP contribution in [0.3, 0.4) is 0 Å². The molecule has 1 atom stereocenters. The molecule has 0 bridgehead atoms. The number of nitrogens with one attached hydrogen (secondary N) is 1. The van der Waals surface area contributed by atoms with Gasteiger partial charge in [-0.2, -0.15) is 0 Å². The van der Waals surface area contributed by atoms with Gasteiger partial charge in [-0.05, 0) is 30.2 Å². The Balaban J connectivity index is 2.61. The van der Waals surface area contributed by atoms with Crippen LogP contribution in [0.2, 0.25) is 0 Å². The van der Waals surface area contributed by atoms with Crippen LogP contribution in [0.1, 0.15) is 33.1 Å². The lowest BCUT2D eigenvalue weighted by Crippen LogP contribution is -2.54. The van der Waals surface area contributed by atoms with Gasteiger partial charge in [0.05, 0.1) is 5.54 Å². The van der Waals surface area contributed by atoms with E-state index in [0.29, 0.717) is 13.1 Å². The van der Waals surface area contributed by atoms with Crippen molar-refractivity contribution >= 4 is 5.91 Å². The molecule has 0 spiro atoms. The molecule has 0 aromatic rings. The number of carbonyl (C=O) groups excluding carboxylic acids is 1. The van der Waals surface area contributed by atoms with E-state index < -0.39 is 5.54 Å². The third-order valence-electron chi connectivity index (χ3n) is 3.22. The quantitative estimate of drug-likeness (QED) is 0.319. The van der Waals surface area contributed by atoms with Gasteiger partial charge in [0, 0.05) is 18.0 Å². The van der Waals surface area contributed by atoms with E-state index >= 15 is 0 Å². The Bertz CT molecular complexity index is 321. The van der Waals surface area contributed by atoms with Crippen LogP contribution in [-0.4, -0.2) is 24.5 Å². The van der Waals surface area contributed by atoms with Gasteiger partial charge in [0.15, 0.2) is 0 Å². The number of nitrogens with zero attached hydrogens (tertiary/aromatic N) is 3. The van der Waals surface area contributed by atoms with Gasteiger partial charge in [0.1, 0.15) is 0 Å². The SMILES string of the molecule is CC1(C)CCC(NCCN=[N+]=[N-])(C(N)=O)C1. The second kappa shape index (κ2) is 4.72. The maximum absolute atomic E-state index is 11.5. The molecule has 1 aliphatic carbocycles. The number of primary amides is 1. The van der Waals surface area contributed by atoms with Crippen LogP contribution >= 0.6 is 0 Å². The highest BCUT2D eigenvalue weighted by atomic mass is 16.1. The molecule has 3 N–H and O–H groups in total. The summed E-state index contributed by atoms with van der Waals surface area (Å²) < 4.78 is 0. The van der Waals surface area contributed by atoms with E-state index in [9.17, 15) is 4.79 Å². The maximum Gasteiger partial charge on any atom is 0.237 e. The number of azide groups is 1. The lowest BCUT2D eigenvalue weighted by atomic mass is 9.87. The summed E-state index contributed by atoms with van der Waals surface area (Å²) >= 11 is 0. The van der Waals surface area contributed by atoms with E-state index in [2.05, 4.69) is 29.2 Å². The highest BCUT2D eigenvalue weighted by Gasteiger charge is 2.46. The molecule has 6 nitrogen and oxygen atoms in total. The summed E-state index contributed by atoms with van der Waals surface area (Å²) in [6, 6.07) is 0. The van der Waals surface area contributed by atoms with Crippen molar-refractivity contribution in [3.8, 4) is 0 Å². The molecule has 1 rings (SSSR count). The second-order valence-electron chi connectivity index (χ2n) is 5.17. The second-order valence-corrected chi connectivity index (χ2v) is 5.17. The molecule has 1 saturated carbocycles. The van der Waals surface area contributed by atoms with Crippen LogP contribution in [-0.2, 0) is 4.79 Å². The Hall–Kier alpha value is -1.26. The van der Waals surface area contributed by atoms with E-state index in [0.717, 1.165) is 19.3 Å². The van der Waals surface area contributed by atoms with Crippen molar-refractivity contribution in [2.75, 3.05) is 13.1 Å². The molecule has 1 fully saturated rings. The van der Waals surface area contributed by atoms with Crippen LogP contribution in [0.15, 0.2) is 5.11 Å². The molecule has 16 heavy (non-hydrogen) atoms. The fourth-order valence-corrected chi connectivity index (χ4v) is 2.38. The molecule has 0 saturated heterocycles. The summed E-state index contributed by atoms with van der Waals surface area (Å²) in [6.07, 6.45) is 2.47. The van der Waals surface area contributed by atoms with E-state index in [1.165, 1.54) is 0 Å². The standard InChI is InChI=1S/C10H19N5O/c1-9(2)3-4-10(7-9,8(11)16)13-5-6-14-15-12/h13H,3-7H2,1-2H3,(H2,11,16). The van der Waals surface area contributed by atoms with Crippen molar-refractivity contribution in [1.82, 2.24) is 5.32 Å². The highest BCUT2D eigenvalue weighted by Crippen LogP contribution is 2.43. The zero-order valence-corrected chi connectivity index (χ0v) is 9.86. The van der Waals surface area contributed by atoms with Gasteiger partial charge >= 0.3 is 0 Å². The number of hydrogen-bond acceptors (Lipinski definition) is 3. The van der Waals surface area contributed by atoms with Gasteiger partial charge in [0.2, 0.25) is 5.91 Å². The summed E-state index contributed by atoms with van der Waals surface area (Å²) in [7, 11) is 0. The zero-order valence-electron chi connectivity index (χ0n) is 9.86. The van der Waals surface area contributed by atoms with Gasteiger partial charge in [-0.25, -0.2) is 0 Å². The van der Waals surface area contributed by atoms with Gasteiger partial charge in [-0.1, -0.05) is 19.0 Å². The normalized spacial score (nSPS) is 27.4. The third-order valence-corrected chi connectivity index (χ3v) is 3.22. The average Bonchev–Trinajstić information content (AvgIpc) is 2.51. The fourth-order valence-electron chi connectivity index (χ4n) is 2.38. The number of hydrogen-bond donors (Lipinski definition) is 2. The van der Waals surface area contributed by atoms with Crippen LogP contribution in [0.25, 0.3) is 10.4 Å². The topological polar surface area (TPSA) is 104 Å². The summed E-state index contributed by atoms with van der Waals surface area (Å²) in [6.45, 7) is 5.09. The number of amides is 1. The van der Waals surface area contributed by atoms with E-state index in [4.69, 9.17) is 11.3 Å². The molecule has 6 heteroatoms. The van der Waals surface area contributed by atoms with Crippen molar-refractivity contribution in [1.29, 1.82) is 0 Å². The van der Waals surface area contributed by atoms with Crippen LogP contribution in [0.4, 0.5) is 0 Å². The molecule has 1 aliphatic rings. The number of carbonyl (C=O) groups is 1. The molecule has 0 radical (unpaired) electrons. The lowest BCUT2D eigenvalue weighted by Gasteiger charge is -2.28. The molecular weight excluding hydrogens is 206 g/mol. The van der Waals surface area contributed by atoms with E-state index in [1.807, 2.05) is 0 Å². The van der Waals surface area contributed by atoms with Crippen molar-refractivity contribution in [3.05, 3.63) is 10.4 Å². The lowest BCUT2D eigenvalue weighted by molar-refractivity contribution is -0.124. The minimum Gasteiger partial charge on any atom is -0.368 e. The van der Waals surface area contributed by atoms with Crippen LogP contribution in [0, 0.1) is 5.41 Å². The summed E-state index contributed by atoms with van der Waals surface area (Å²) in [5.41, 5.74) is 13.1. The predicted octanol–water partition coefficient (Wildman–Crippen LogP) is 1.32. The fraction of sp³-hybridized carbons (Fsp3) is 0.900. The molecule has 0 aromatic heterocycles. The minimum absolute atomic E-state index is 0.139. The van der Waals surface area contributed by atoms with E-state index in [1.54, 1.807) is 0 Å². The molecule has 0 heterocycles. The molecule has 1 amide bonds. The zero-order chi connectivity index (χ0) is 12.2. The molecule has 0 aliphatic heterocycles. The van der Waals surface area contributed by atoms with Crippen LogP contribution in [0.5, 0.6) is 0 Å². The minimum atomic E-state index is -0.617. The summed E-state index contributed by atoms with van der Waals surface area (Å²) in [5.74, 6) is -0.306. The Kier molecular flexibility index (Phi) is 3.78. The first-order chi connectivity index (χ1) is 7.42. The first-order valence-corrected chi connectivity index (χ1v) is 5.48. The first kappa shape index (κ1) is 12.8. The molecular formula is C10H19N5O. The predicted molar refractivity (Wildman–Crippen MR) is 61.6 cm³/mol. The molecule has 0 aromatic carbocycles. The largest absolute Gasteiger partial charge is 0.368 e. The average molecular weight is 225 g/mol. The Morgan fingerprint density at radius 2 is 2.25 bits per heavy atom. The smallest absolute Gasteiger partial charge is 0.237 e. The van der Waals surface area contributed by atoms with Gasteiger partial charge in [0.25, 0.3) is 0 Å². The monoisotopic (exact) mass is 225 g/mol. The van der Waals surface area contributed by atoms with E-state index in [-0.39, 0.29) is 11.3 Å². The highest BCUT2D eigenvalue weighted by molar-refractivity contribution is 5.85. The van der Waals surface area contributed by atoms with Crippen molar-refractivity contribution in [2.45, 2.75) is 38.6 Å². The summed E-state index contributed by atoms with van der Waals surface area (Å²) in [4.78, 5) is 14.2. The van der Waals surface area contributed by atoms with Crippen molar-refractivity contribution in [2.24, 2.45) is 16.3 Å². The molecule has 1 unspecified atom stereocenters. The van der Waals surface area contributed by atoms with Crippen LogP contribution < -0.4 is 11.1 Å². The first-order valence-electron chi connectivity index (χ1n) is 5.48. The Morgan fingerprint density at radius 1 is 1.56 bits per heavy atom. The Labute approximate surface area is 95.2 Å². The van der Waals surface area contributed by atoms with Gasteiger partial charge in [-0.15, -0.1) is 0 Å². The summed E-state index contributed by atoms with van der Waals surface area (Å²) in [5, 5.41) is 6.57. The van der Waals surface area contributed by atoms with Gasteiger partial charge in [-0.3, -0.25) is 4.79 Å². The van der Waals surface area contributed by atoms with Crippen molar-refractivity contribution in [3.63, 3.8) is 0 Å².